The van der Waals surface area contributed by atoms with Crippen molar-refractivity contribution in [1.29, 1.82) is 0 Å². The van der Waals surface area contributed by atoms with Crippen LogP contribution in [0.5, 0.6) is 0 Å². The molecule has 0 bridgehead atoms. The van der Waals surface area contributed by atoms with Crippen LogP contribution in [0.4, 0.5) is 0 Å². The van der Waals surface area contributed by atoms with Crippen LogP contribution < -0.4 is 0 Å². The van der Waals surface area contributed by atoms with Crippen LogP contribution in [0.1, 0.15) is 25.0 Å². The van der Waals surface area contributed by atoms with E-state index in [1.165, 1.54) is 66.1 Å². The van der Waals surface area contributed by atoms with Crippen molar-refractivity contribution < 1.29 is 0 Å². The predicted octanol–water partition coefficient (Wildman–Crippen LogP) is 13.4. The number of aromatic nitrogens is 2. The molecule has 0 saturated carbocycles. The lowest BCUT2D eigenvalue weighted by molar-refractivity contribution is 0.661. The van der Waals surface area contributed by atoms with Crippen molar-refractivity contribution in [3.05, 3.63) is 193 Å². The smallest absolute Gasteiger partial charge is 0.160 e. The molecule has 10 rings (SSSR count). The van der Waals surface area contributed by atoms with Crippen molar-refractivity contribution >= 4 is 21.5 Å². The Morgan fingerprint density at radius 1 is 0.358 bits per heavy atom. The maximum atomic E-state index is 5.27. The number of fused-ring (bicyclic) bond motifs is 5. The Hall–Kier alpha value is -6.64. The van der Waals surface area contributed by atoms with Crippen LogP contribution in [0.2, 0.25) is 0 Å². The first-order valence-electron chi connectivity index (χ1n) is 18.3. The minimum Gasteiger partial charge on any atom is -0.228 e. The highest BCUT2D eigenvalue weighted by Gasteiger charge is 2.37. The summed E-state index contributed by atoms with van der Waals surface area (Å²) in [7, 11) is 0. The molecule has 0 atom stereocenters. The molecule has 0 N–H and O–H groups in total. The third-order valence-electron chi connectivity index (χ3n) is 11.1. The van der Waals surface area contributed by atoms with E-state index < -0.39 is 0 Å². The summed E-state index contributed by atoms with van der Waals surface area (Å²) in [6.45, 7) is 4.69. The molecule has 0 saturated heterocycles. The number of hydrogen-bond donors (Lipinski definition) is 0. The fourth-order valence-electron chi connectivity index (χ4n) is 8.31. The second-order valence-corrected chi connectivity index (χ2v) is 14.6. The molecule has 1 aliphatic carbocycles. The van der Waals surface area contributed by atoms with Gasteiger partial charge in [0.1, 0.15) is 0 Å². The molecule has 1 heterocycles. The molecule has 1 aliphatic rings. The van der Waals surface area contributed by atoms with Gasteiger partial charge in [-0.3, -0.25) is 0 Å². The highest BCUT2D eigenvalue weighted by molar-refractivity contribution is 5.99. The number of rotatable bonds is 5. The summed E-state index contributed by atoms with van der Waals surface area (Å²) >= 11 is 0. The summed E-state index contributed by atoms with van der Waals surface area (Å²) in [6, 6.07) is 65.4. The number of benzene rings is 8. The normalized spacial score (nSPS) is 12.9. The number of hydrogen-bond acceptors (Lipinski definition) is 2. The first kappa shape index (κ1) is 31.1. The fourth-order valence-corrected chi connectivity index (χ4v) is 8.31. The quantitative estimate of drug-likeness (QED) is 0.181. The SMILES string of the molecule is CC1(C)c2cc3ccccc3cc2-c2c(-c3cc(-c4ccc(-c5cccc(-c6cccc7ccccc67)c5)cc4)nc(-c4ccccc4)n3)cccc21. The van der Waals surface area contributed by atoms with Crippen LogP contribution in [0.15, 0.2) is 182 Å². The van der Waals surface area contributed by atoms with E-state index in [1.807, 2.05) is 6.07 Å². The van der Waals surface area contributed by atoms with Gasteiger partial charge in [0.15, 0.2) is 5.82 Å². The summed E-state index contributed by atoms with van der Waals surface area (Å²) < 4.78 is 0. The highest BCUT2D eigenvalue weighted by Crippen LogP contribution is 2.53. The van der Waals surface area contributed by atoms with E-state index in [9.17, 15) is 0 Å². The summed E-state index contributed by atoms with van der Waals surface area (Å²) in [4.78, 5) is 10.5. The average Bonchev–Trinajstić information content (AvgIpc) is 3.45. The van der Waals surface area contributed by atoms with E-state index in [4.69, 9.17) is 9.97 Å². The van der Waals surface area contributed by atoms with E-state index in [1.54, 1.807) is 0 Å². The first-order chi connectivity index (χ1) is 26.0. The van der Waals surface area contributed by atoms with Crippen molar-refractivity contribution in [2.45, 2.75) is 19.3 Å². The zero-order chi connectivity index (χ0) is 35.5. The van der Waals surface area contributed by atoms with Crippen LogP contribution >= 0.6 is 0 Å². The van der Waals surface area contributed by atoms with E-state index in [0.717, 1.165) is 33.9 Å². The molecule has 1 aromatic heterocycles. The van der Waals surface area contributed by atoms with Crippen molar-refractivity contribution in [1.82, 2.24) is 9.97 Å². The maximum Gasteiger partial charge on any atom is 0.160 e. The van der Waals surface area contributed by atoms with Gasteiger partial charge in [0.25, 0.3) is 0 Å². The Kier molecular flexibility index (Phi) is 7.19. The Labute approximate surface area is 310 Å². The molecule has 250 valence electrons. The van der Waals surface area contributed by atoms with E-state index >= 15 is 0 Å². The Morgan fingerprint density at radius 2 is 0.962 bits per heavy atom. The lowest BCUT2D eigenvalue weighted by atomic mass is 9.81. The largest absolute Gasteiger partial charge is 0.228 e. The maximum absolute atomic E-state index is 5.27. The topological polar surface area (TPSA) is 25.8 Å². The molecule has 53 heavy (non-hydrogen) atoms. The molecule has 2 heteroatoms. The fraction of sp³-hybridized carbons (Fsp3) is 0.0588. The molecule has 0 aliphatic heterocycles. The minimum atomic E-state index is -0.135. The molecule has 0 radical (unpaired) electrons. The van der Waals surface area contributed by atoms with Gasteiger partial charge in [-0.2, -0.15) is 0 Å². The van der Waals surface area contributed by atoms with Crippen molar-refractivity contribution in [3.63, 3.8) is 0 Å². The summed E-state index contributed by atoms with van der Waals surface area (Å²) in [5.74, 6) is 0.721. The van der Waals surface area contributed by atoms with Crippen LogP contribution in [-0.2, 0) is 5.41 Å². The second-order valence-electron chi connectivity index (χ2n) is 14.6. The lowest BCUT2D eigenvalue weighted by Gasteiger charge is -2.22. The van der Waals surface area contributed by atoms with Gasteiger partial charge in [0.2, 0.25) is 0 Å². The Balaban J connectivity index is 1.09. The van der Waals surface area contributed by atoms with Crippen LogP contribution in [-0.4, -0.2) is 9.97 Å². The van der Waals surface area contributed by atoms with Crippen molar-refractivity contribution in [2.24, 2.45) is 0 Å². The van der Waals surface area contributed by atoms with Crippen molar-refractivity contribution in [3.8, 4) is 67.3 Å². The van der Waals surface area contributed by atoms with Gasteiger partial charge in [-0.1, -0.05) is 172 Å². The first-order valence-corrected chi connectivity index (χ1v) is 18.3. The molecule has 9 aromatic rings. The van der Waals surface area contributed by atoms with Gasteiger partial charge in [0.05, 0.1) is 11.4 Å². The van der Waals surface area contributed by atoms with E-state index in [0.29, 0.717) is 0 Å². The monoisotopic (exact) mass is 676 g/mol. The summed E-state index contributed by atoms with van der Waals surface area (Å²) in [5, 5.41) is 5.04. The van der Waals surface area contributed by atoms with Crippen LogP contribution in [0, 0.1) is 0 Å². The van der Waals surface area contributed by atoms with Crippen LogP contribution in [0.3, 0.4) is 0 Å². The highest BCUT2D eigenvalue weighted by atomic mass is 14.9. The Morgan fingerprint density at radius 3 is 1.79 bits per heavy atom. The average molecular weight is 677 g/mol. The zero-order valence-corrected chi connectivity index (χ0v) is 29.7. The summed E-state index contributed by atoms with van der Waals surface area (Å²) in [6.07, 6.45) is 0. The standard InChI is InChI=1S/C51H36N2/c1-51(2)45-24-12-23-43(49(45)44-30-38-16-6-7-17-39(38)31-46(44)51)48-32-47(52-50(53-48)36-14-4-3-5-15-36)35-27-25-33(26-28-35)37-19-10-20-40(29-37)42-22-11-18-34-13-8-9-21-41(34)42/h3-32H,1-2H3. The predicted molar refractivity (Wildman–Crippen MR) is 222 cm³/mol. The lowest BCUT2D eigenvalue weighted by Crippen LogP contribution is -2.14. The number of nitrogens with zero attached hydrogens (tertiary/aromatic N) is 2. The second kappa shape index (κ2) is 12.3. The molecule has 8 aromatic carbocycles. The van der Waals surface area contributed by atoms with Crippen molar-refractivity contribution in [2.75, 3.05) is 0 Å². The van der Waals surface area contributed by atoms with Gasteiger partial charge in [0, 0.05) is 22.1 Å². The third kappa shape index (κ3) is 5.26. The molecule has 2 nitrogen and oxygen atoms in total. The molecule has 0 fully saturated rings. The van der Waals surface area contributed by atoms with E-state index in [2.05, 4.69) is 190 Å². The molecule has 0 spiro atoms. The van der Waals surface area contributed by atoms with Gasteiger partial charge in [-0.25, -0.2) is 9.97 Å². The third-order valence-corrected chi connectivity index (χ3v) is 11.1. The molecule has 0 amide bonds. The minimum absolute atomic E-state index is 0.135. The summed E-state index contributed by atoms with van der Waals surface area (Å²) in [5.41, 5.74) is 14.9. The van der Waals surface area contributed by atoms with Crippen LogP contribution in [0.25, 0.3) is 88.8 Å². The molecular weight excluding hydrogens is 641 g/mol. The van der Waals surface area contributed by atoms with E-state index in [-0.39, 0.29) is 5.41 Å². The zero-order valence-electron chi connectivity index (χ0n) is 29.7. The Bertz CT molecular complexity index is 2840. The van der Waals surface area contributed by atoms with Gasteiger partial charge < -0.3 is 0 Å². The van der Waals surface area contributed by atoms with Gasteiger partial charge in [-0.05, 0) is 90.3 Å². The molecular formula is C51H36N2. The molecule has 0 unspecified atom stereocenters. The van der Waals surface area contributed by atoms with Gasteiger partial charge >= 0.3 is 0 Å². The van der Waals surface area contributed by atoms with Gasteiger partial charge in [-0.15, -0.1) is 0 Å².